The Kier molecular flexibility index (Phi) is 8.16. The van der Waals surface area contributed by atoms with Crippen LogP contribution in [0.5, 0.6) is 0 Å². The Morgan fingerprint density at radius 1 is 1.07 bits per heavy atom. The van der Waals surface area contributed by atoms with Gasteiger partial charge in [-0.25, -0.2) is 4.79 Å². The fraction of sp³-hybridized carbons (Fsp3) is 0.263. The molecule has 0 radical (unpaired) electrons. The molecule has 2 N–H and O–H groups in total. The molecule has 1 aromatic heterocycles. The molecule has 0 saturated heterocycles. The molecule has 0 aliphatic heterocycles. The normalized spacial score (nSPS) is 11.2. The highest BCUT2D eigenvalue weighted by atomic mass is 32.1. The molecule has 2 amide bonds. The van der Waals surface area contributed by atoms with Crippen LogP contribution in [0, 0.1) is 0 Å². The lowest BCUT2D eigenvalue weighted by Gasteiger charge is -2.16. The maximum atomic E-state index is 12.0. The summed E-state index contributed by atoms with van der Waals surface area (Å²) < 4.78 is 9.53. The minimum Gasteiger partial charge on any atom is -0.467 e. The number of carbonyl (C=O) groups is 4. The van der Waals surface area contributed by atoms with Gasteiger partial charge in [-0.1, -0.05) is 36.4 Å². The van der Waals surface area contributed by atoms with E-state index in [1.165, 1.54) is 18.4 Å². The topological polar surface area (TPSA) is 111 Å². The van der Waals surface area contributed by atoms with E-state index in [1.807, 2.05) is 30.3 Å². The first-order valence-electron chi connectivity index (χ1n) is 8.38. The van der Waals surface area contributed by atoms with Crippen LogP contribution in [0.1, 0.15) is 15.2 Å². The van der Waals surface area contributed by atoms with Crippen molar-refractivity contribution in [2.24, 2.45) is 0 Å². The fourth-order valence-electron chi connectivity index (χ4n) is 2.27. The summed E-state index contributed by atoms with van der Waals surface area (Å²) in [4.78, 5) is 47.8. The van der Waals surface area contributed by atoms with Crippen molar-refractivity contribution in [3.63, 3.8) is 0 Å². The standard InChI is InChI=1S/C19H20N2O6S/c1-26-19(25)14(10-13-6-3-2-4-7-13)21-16(22)12-27-17(23)11-20-18(24)15-8-5-9-28-15/h2-9,14H,10-12H2,1H3,(H,20,24)(H,21,22)/t14-/m1/s1. The van der Waals surface area contributed by atoms with Crippen LogP contribution in [0.15, 0.2) is 47.8 Å². The molecule has 1 heterocycles. The molecule has 0 unspecified atom stereocenters. The summed E-state index contributed by atoms with van der Waals surface area (Å²) in [7, 11) is 1.22. The molecule has 1 atom stereocenters. The molecule has 1 aromatic carbocycles. The number of hydrogen-bond acceptors (Lipinski definition) is 7. The second-order valence-electron chi connectivity index (χ2n) is 5.65. The Balaban J connectivity index is 1.77. The molecule has 0 aliphatic rings. The predicted molar refractivity (Wildman–Crippen MR) is 102 cm³/mol. The van der Waals surface area contributed by atoms with Crippen molar-refractivity contribution in [1.29, 1.82) is 0 Å². The molecule has 9 heteroatoms. The van der Waals surface area contributed by atoms with E-state index in [-0.39, 0.29) is 13.0 Å². The van der Waals surface area contributed by atoms with Gasteiger partial charge in [-0.2, -0.15) is 0 Å². The van der Waals surface area contributed by atoms with E-state index in [2.05, 4.69) is 10.6 Å². The highest BCUT2D eigenvalue weighted by Crippen LogP contribution is 2.07. The number of methoxy groups -OCH3 is 1. The fourth-order valence-corrected chi connectivity index (χ4v) is 2.91. The molecular formula is C19H20N2O6S. The molecule has 28 heavy (non-hydrogen) atoms. The van der Waals surface area contributed by atoms with Gasteiger partial charge in [-0.15, -0.1) is 11.3 Å². The summed E-state index contributed by atoms with van der Waals surface area (Å²) in [6.07, 6.45) is 0.240. The van der Waals surface area contributed by atoms with Crippen LogP contribution in [0.25, 0.3) is 0 Å². The Morgan fingerprint density at radius 2 is 1.82 bits per heavy atom. The zero-order valence-corrected chi connectivity index (χ0v) is 16.0. The molecule has 8 nitrogen and oxygen atoms in total. The third kappa shape index (κ3) is 6.84. The Hall–Kier alpha value is -3.20. The molecular weight excluding hydrogens is 384 g/mol. The number of benzene rings is 1. The molecule has 2 aromatic rings. The van der Waals surface area contributed by atoms with Crippen LogP contribution in [-0.4, -0.2) is 50.1 Å². The Labute approximate surface area is 165 Å². The van der Waals surface area contributed by atoms with E-state index >= 15 is 0 Å². The predicted octanol–water partition coefficient (Wildman–Crippen LogP) is 0.922. The lowest BCUT2D eigenvalue weighted by Crippen LogP contribution is -2.45. The number of rotatable bonds is 9. The quantitative estimate of drug-likeness (QED) is 0.602. The van der Waals surface area contributed by atoms with Crippen molar-refractivity contribution < 1.29 is 28.7 Å². The summed E-state index contributed by atoms with van der Waals surface area (Å²) in [6, 6.07) is 11.5. The van der Waals surface area contributed by atoms with E-state index in [4.69, 9.17) is 9.47 Å². The van der Waals surface area contributed by atoms with Crippen LogP contribution in [0.2, 0.25) is 0 Å². The van der Waals surface area contributed by atoms with Gasteiger partial charge in [0.25, 0.3) is 11.8 Å². The van der Waals surface area contributed by atoms with E-state index in [1.54, 1.807) is 17.5 Å². The zero-order valence-electron chi connectivity index (χ0n) is 15.2. The first-order chi connectivity index (χ1) is 13.5. The summed E-state index contributed by atoms with van der Waals surface area (Å²) >= 11 is 1.24. The smallest absolute Gasteiger partial charge is 0.328 e. The minimum absolute atomic E-state index is 0.240. The molecule has 0 aliphatic carbocycles. The lowest BCUT2D eigenvalue weighted by atomic mass is 10.1. The maximum Gasteiger partial charge on any atom is 0.328 e. The highest BCUT2D eigenvalue weighted by molar-refractivity contribution is 7.12. The van der Waals surface area contributed by atoms with Gasteiger partial charge in [0.15, 0.2) is 6.61 Å². The number of thiophene rings is 1. The third-order valence-electron chi connectivity index (χ3n) is 3.61. The summed E-state index contributed by atoms with van der Waals surface area (Å²) in [5, 5.41) is 6.62. The van der Waals surface area contributed by atoms with E-state index < -0.39 is 36.4 Å². The van der Waals surface area contributed by atoms with Gasteiger partial charge in [0.05, 0.1) is 12.0 Å². The number of hydrogen-bond donors (Lipinski definition) is 2. The highest BCUT2D eigenvalue weighted by Gasteiger charge is 2.22. The van der Waals surface area contributed by atoms with Crippen molar-refractivity contribution in [1.82, 2.24) is 10.6 Å². The third-order valence-corrected chi connectivity index (χ3v) is 4.47. The minimum atomic E-state index is -0.905. The van der Waals surface area contributed by atoms with Crippen LogP contribution in [0.3, 0.4) is 0 Å². The molecule has 0 saturated carbocycles. The van der Waals surface area contributed by atoms with E-state index in [9.17, 15) is 19.2 Å². The van der Waals surface area contributed by atoms with E-state index in [0.29, 0.717) is 4.88 Å². The summed E-state index contributed by atoms with van der Waals surface area (Å²) in [5.41, 5.74) is 0.839. The Bertz CT molecular complexity index is 807. The van der Waals surface area contributed by atoms with Crippen molar-refractivity contribution in [3.8, 4) is 0 Å². The largest absolute Gasteiger partial charge is 0.467 e. The first-order valence-corrected chi connectivity index (χ1v) is 9.26. The number of nitrogens with one attached hydrogen (secondary N) is 2. The second kappa shape index (κ2) is 10.8. The van der Waals surface area contributed by atoms with Crippen LogP contribution in [-0.2, 0) is 30.3 Å². The van der Waals surface area contributed by atoms with Crippen LogP contribution >= 0.6 is 11.3 Å². The van der Waals surface area contributed by atoms with Gasteiger partial charge in [-0.3, -0.25) is 14.4 Å². The van der Waals surface area contributed by atoms with Gasteiger partial charge >= 0.3 is 11.9 Å². The number of ether oxygens (including phenoxy) is 2. The average molecular weight is 404 g/mol. The van der Waals surface area contributed by atoms with Gasteiger partial charge in [0.1, 0.15) is 12.6 Å². The summed E-state index contributed by atoms with van der Waals surface area (Å²) in [6.45, 7) is -0.940. The SMILES string of the molecule is COC(=O)[C@@H](Cc1ccccc1)NC(=O)COC(=O)CNC(=O)c1cccs1. The molecule has 0 fully saturated rings. The van der Waals surface area contributed by atoms with Gasteiger partial charge in [-0.05, 0) is 17.0 Å². The van der Waals surface area contributed by atoms with E-state index in [0.717, 1.165) is 5.56 Å². The molecule has 0 bridgehead atoms. The monoisotopic (exact) mass is 404 g/mol. The van der Waals surface area contributed by atoms with Crippen molar-refractivity contribution in [2.75, 3.05) is 20.3 Å². The van der Waals surface area contributed by atoms with Crippen LogP contribution < -0.4 is 10.6 Å². The summed E-state index contributed by atoms with van der Waals surface area (Å²) in [5.74, 6) is -2.42. The van der Waals surface area contributed by atoms with Gasteiger partial charge in [0, 0.05) is 6.42 Å². The van der Waals surface area contributed by atoms with Crippen molar-refractivity contribution in [2.45, 2.75) is 12.5 Å². The number of carbonyl (C=O) groups excluding carboxylic acids is 4. The van der Waals surface area contributed by atoms with Gasteiger partial charge in [0.2, 0.25) is 0 Å². The number of amides is 2. The molecule has 0 spiro atoms. The molecule has 2 rings (SSSR count). The Morgan fingerprint density at radius 3 is 2.46 bits per heavy atom. The number of esters is 2. The lowest BCUT2D eigenvalue weighted by molar-refractivity contribution is -0.149. The van der Waals surface area contributed by atoms with Crippen molar-refractivity contribution >= 4 is 35.1 Å². The van der Waals surface area contributed by atoms with Gasteiger partial charge < -0.3 is 20.1 Å². The van der Waals surface area contributed by atoms with Crippen molar-refractivity contribution in [3.05, 3.63) is 58.3 Å². The second-order valence-corrected chi connectivity index (χ2v) is 6.60. The molecule has 148 valence electrons. The first kappa shape index (κ1) is 21.1. The average Bonchev–Trinajstić information content (AvgIpc) is 3.25. The maximum absolute atomic E-state index is 12.0. The van der Waals surface area contributed by atoms with Crippen LogP contribution in [0.4, 0.5) is 0 Å². The zero-order chi connectivity index (χ0) is 20.4.